The number of benzene rings is 1. The van der Waals surface area contributed by atoms with E-state index in [1.54, 1.807) is 17.4 Å². The quantitative estimate of drug-likeness (QED) is 0.758. The lowest BCUT2D eigenvalue weighted by atomic mass is 10.1. The van der Waals surface area contributed by atoms with Crippen LogP contribution in [0, 0.1) is 12.7 Å². The summed E-state index contributed by atoms with van der Waals surface area (Å²) in [5.74, 6) is 0.372. The van der Waals surface area contributed by atoms with Crippen LogP contribution < -0.4 is 5.32 Å². The van der Waals surface area contributed by atoms with Gasteiger partial charge in [0.15, 0.2) is 11.4 Å². The molecule has 3 nitrogen and oxygen atoms in total. The lowest BCUT2D eigenvalue weighted by molar-refractivity contribution is 0.454. The van der Waals surface area contributed by atoms with E-state index in [1.165, 1.54) is 6.07 Å². The van der Waals surface area contributed by atoms with Crippen LogP contribution in [0.25, 0.3) is 11.0 Å². The molecule has 0 aliphatic rings. The minimum absolute atomic E-state index is 0.137. The van der Waals surface area contributed by atoms with Crippen molar-refractivity contribution in [3.05, 3.63) is 51.9 Å². The molecule has 0 bridgehead atoms. The van der Waals surface area contributed by atoms with E-state index in [4.69, 9.17) is 4.42 Å². The van der Waals surface area contributed by atoms with Gasteiger partial charge in [-0.1, -0.05) is 19.1 Å². The first-order valence-corrected chi connectivity index (χ1v) is 7.90. The van der Waals surface area contributed by atoms with Crippen molar-refractivity contribution in [3.8, 4) is 0 Å². The summed E-state index contributed by atoms with van der Waals surface area (Å²) in [4.78, 5) is 4.54. The van der Waals surface area contributed by atoms with Gasteiger partial charge in [0.25, 0.3) is 0 Å². The van der Waals surface area contributed by atoms with Crippen LogP contribution in [0.1, 0.15) is 35.8 Å². The molecule has 1 N–H and O–H groups in total. The van der Waals surface area contributed by atoms with Gasteiger partial charge in [0.2, 0.25) is 0 Å². The van der Waals surface area contributed by atoms with Crippen molar-refractivity contribution in [1.82, 2.24) is 10.3 Å². The molecule has 0 amide bonds. The summed E-state index contributed by atoms with van der Waals surface area (Å²) in [6.45, 7) is 4.93. The Kier molecular flexibility index (Phi) is 4.03. The van der Waals surface area contributed by atoms with Gasteiger partial charge in [-0.15, -0.1) is 11.3 Å². The van der Waals surface area contributed by atoms with E-state index in [2.05, 4.69) is 17.2 Å². The van der Waals surface area contributed by atoms with Crippen LogP contribution in [0.5, 0.6) is 0 Å². The fourth-order valence-corrected chi connectivity index (χ4v) is 2.98. The van der Waals surface area contributed by atoms with Gasteiger partial charge in [0, 0.05) is 10.8 Å². The number of aryl methyl sites for hydroxylation is 1. The maximum absolute atomic E-state index is 13.8. The van der Waals surface area contributed by atoms with Crippen molar-refractivity contribution in [2.75, 3.05) is 6.54 Å². The van der Waals surface area contributed by atoms with Crippen molar-refractivity contribution >= 4 is 22.3 Å². The fourth-order valence-electron chi connectivity index (χ4n) is 2.34. The van der Waals surface area contributed by atoms with Gasteiger partial charge in [-0.05, 0) is 32.0 Å². The van der Waals surface area contributed by atoms with Gasteiger partial charge in [0.1, 0.15) is 11.8 Å². The number of nitrogens with one attached hydrogen (secondary N) is 1. The van der Waals surface area contributed by atoms with Crippen LogP contribution in [0.4, 0.5) is 4.39 Å². The molecule has 0 spiro atoms. The molecule has 1 atom stereocenters. The van der Waals surface area contributed by atoms with E-state index >= 15 is 0 Å². The minimum Gasteiger partial charge on any atom is -0.456 e. The molecule has 0 saturated carbocycles. The van der Waals surface area contributed by atoms with Crippen LogP contribution in [0.15, 0.2) is 34.1 Å². The summed E-state index contributed by atoms with van der Waals surface area (Å²) in [6.07, 6.45) is 1.01. The van der Waals surface area contributed by atoms with Gasteiger partial charge < -0.3 is 9.73 Å². The van der Waals surface area contributed by atoms with Crippen molar-refractivity contribution < 1.29 is 8.81 Å². The van der Waals surface area contributed by atoms with E-state index in [0.29, 0.717) is 11.3 Å². The van der Waals surface area contributed by atoms with E-state index < -0.39 is 0 Å². The third kappa shape index (κ3) is 2.84. The van der Waals surface area contributed by atoms with Crippen LogP contribution in [0.3, 0.4) is 0 Å². The second-order valence-corrected chi connectivity index (χ2v) is 6.05. The molecule has 21 heavy (non-hydrogen) atoms. The zero-order valence-electron chi connectivity index (χ0n) is 12.0. The second-order valence-electron chi connectivity index (χ2n) is 4.99. The van der Waals surface area contributed by atoms with E-state index in [0.717, 1.165) is 29.1 Å². The Bertz CT molecular complexity index is 750. The first-order chi connectivity index (χ1) is 10.2. The number of para-hydroxylation sites is 1. The molecule has 0 aliphatic carbocycles. The van der Waals surface area contributed by atoms with Crippen LogP contribution in [-0.2, 0) is 0 Å². The number of rotatable bonds is 5. The molecule has 110 valence electrons. The average Bonchev–Trinajstić information content (AvgIpc) is 3.07. The minimum atomic E-state index is -0.331. The smallest absolute Gasteiger partial charge is 0.169 e. The largest absolute Gasteiger partial charge is 0.456 e. The molecule has 1 aromatic carbocycles. The zero-order valence-corrected chi connectivity index (χ0v) is 12.8. The summed E-state index contributed by atoms with van der Waals surface area (Å²) in [5.41, 5.74) is 1.23. The molecule has 0 radical (unpaired) electrons. The summed E-state index contributed by atoms with van der Waals surface area (Å²) in [7, 11) is 0. The molecule has 0 saturated heterocycles. The summed E-state index contributed by atoms with van der Waals surface area (Å²) < 4.78 is 19.5. The highest BCUT2D eigenvalue weighted by atomic mass is 32.1. The highest BCUT2D eigenvalue weighted by Crippen LogP contribution is 2.30. The van der Waals surface area contributed by atoms with E-state index in [9.17, 15) is 4.39 Å². The molecular formula is C16H17FN2OS. The Morgan fingerprint density at radius 3 is 2.95 bits per heavy atom. The number of hydrogen-bond acceptors (Lipinski definition) is 4. The maximum Gasteiger partial charge on any atom is 0.169 e. The zero-order chi connectivity index (χ0) is 14.8. The Morgan fingerprint density at radius 2 is 2.29 bits per heavy atom. The predicted molar refractivity (Wildman–Crippen MR) is 83.2 cm³/mol. The standard InChI is InChI=1S/C16H17FN2OS/c1-3-7-18-15(13-9-21-10(2)19-13)14-8-11-5-4-6-12(17)16(11)20-14/h4-6,8-9,15,18H,3,7H2,1-2H3. The Balaban J connectivity index is 2.03. The number of halogens is 1. The molecule has 0 fully saturated rings. The maximum atomic E-state index is 13.8. The van der Waals surface area contributed by atoms with Crippen LogP contribution >= 0.6 is 11.3 Å². The lowest BCUT2D eigenvalue weighted by Gasteiger charge is -2.13. The van der Waals surface area contributed by atoms with Crippen LogP contribution in [0.2, 0.25) is 0 Å². The highest BCUT2D eigenvalue weighted by Gasteiger charge is 2.21. The lowest BCUT2D eigenvalue weighted by Crippen LogP contribution is -2.23. The number of fused-ring (bicyclic) bond motifs is 1. The molecular weight excluding hydrogens is 287 g/mol. The second kappa shape index (κ2) is 5.95. The topological polar surface area (TPSA) is 38.1 Å². The van der Waals surface area contributed by atoms with E-state index in [1.807, 2.05) is 24.4 Å². The monoisotopic (exact) mass is 304 g/mol. The van der Waals surface area contributed by atoms with Crippen molar-refractivity contribution in [2.45, 2.75) is 26.3 Å². The number of aromatic nitrogens is 1. The number of thiazole rings is 1. The van der Waals surface area contributed by atoms with Gasteiger partial charge in [-0.25, -0.2) is 9.37 Å². The SMILES string of the molecule is CCCNC(c1csc(C)n1)c1cc2cccc(F)c2o1. The van der Waals surface area contributed by atoms with Crippen LogP contribution in [-0.4, -0.2) is 11.5 Å². The third-order valence-electron chi connectivity index (χ3n) is 3.33. The van der Waals surface area contributed by atoms with Crippen molar-refractivity contribution in [2.24, 2.45) is 0 Å². The first-order valence-electron chi connectivity index (χ1n) is 7.02. The highest BCUT2D eigenvalue weighted by molar-refractivity contribution is 7.09. The average molecular weight is 304 g/mol. The van der Waals surface area contributed by atoms with Gasteiger partial charge in [-0.3, -0.25) is 0 Å². The molecule has 3 aromatic rings. The summed E-state index contributed by atoms with van der Waals surface area (Å²) in [5, 5.41) is 7.23. The Labute approximate surface area is 126 Å². The number of nitrogens with zero attached hydrogens (tertiary/aromatic N) is 1. The number of furan rings is 1. The third-order valence-corrected chi connectivity index (χ3v) is 4.12. The molecule has 2 aromatic heterocycles. The van der Waals surface area contributed by atoms with Gasteiger partial charge >= 0.3 is 0 Å². The molecule has 2 heterocycles. The Morgan fingerprint density at radius 1 is 1.43 bits per heavy atom. The first kappa shape index (κ1) is 14.2. The molecule has 0 aliphatic heterocycles. The molecule has 1 unspecified atom stereocenters. The Hall–Kier alpha value is -1.72. The van der Waals surface area contributed by atoms with E-state index in [-0.39, 0.29) is 11.9 Å². The fraction of sp³-hybridized carbons (Fsp3) is 0.312. The predicted octanol–water partition coefficient (Wildman–Crippen LogP) is 4.43. The number of hydrogen-bond donors (Lipinski definition) is 1. The molecule has 5 heteroatoms. The van der Waals surface area contributed by atoms with Crippen molar-refractivity contribution in [1.29, 1.82) is 0 Å². The normalized spacial score (nSPS) is 12.9. The van der Waals surface area contributed by atoms with Gasteiger partial charge in [-0.2, -0.15) is 0 Å². The molecule has 3 rings (SSSR count). The summed E-state index contributed by atoms with van der Waals surface area (Å²) >= 11 is 1.60. The van der Waals surface area contributed by atoms with Crippen molar-refractivity contribution in [3.63, 3.8) is 0 Å². The summed E-state index contributed by atoms with van der Waals surface area (Å²) in [6, 6.07) is 6.71. The van der Waals surface area contributed by atoms with Gasteiger partial charge in [0.05, 0.1) is 10.7 Å².